The van der Waals surface area contributed by atoms with Gasteiger partial charge in [0.2, 0.25) is 0 Å². The molecule has 0 saturated carbocycles. The highest BCUT2D eigenvalue weighted by Crippen LogP contribution is 2.25. The van der Waals surface area contributed by atoms with Crippen molar-refractivity contribution >= 4 is 34.0 Å². The third-order valence-electron chi connectivity index (χ3n) is 2.89. The molecule has 0 aliphatic carbocycles. The van der Waals surface area contributed by atoms with Crippen LogP contribution in [0.1, 0.15) is 10.4 Å². The zero-order valence-electron chi connectivity index (χ0n) is 9.64. The van der Waals surface area contributed by atoms with Gasteiger partial charge in [0.15, 0.2) is 0 Å². The molecule has 0 aromatic carbocycles. The van der Waals surface area contributed by atoms with Crippen molar-refractivity contribution in [2.45, 2.75) is 13.1 Å². The molecular formula is C13H12ClN3S. The Bertz CT molecular complexity index is 686. The van der Waals surface area contributed by atoms with Crippen molar-refractivity contribution in [3.63, 3.8) is 0 Å². The van der Waals surface area contributed by atoms with Crippen molar-refractivity contribution in [1.82, 2.24) is 9.55 Å². The molecule has 3 aromatic heterocycles. The van der Waals surface area contributed by atoms with E-state index in [1.807, 2.05) is 18.2 Å². The molecule has 0 aliphatic heterocycles. The number of aromatic nitrogens is 2. The van der Waals surface area contributed by atoms with Crippen molar-refractivity contribution in [2.75, 3.05) is 0 Å². The normalized spacial score (nSPS) is 11.2. The Kier molecular flexibility index (Phi) is 3.07. The fraction of sp³-hybridized carbons (Fsp3) is 0.154. The van der Waals surface area contributed by atoms with Gasteiger partial charge >= 0.3 is 0 Å². The fourth-order valence-electron chi connectivity index (χ4n) is 2.08. The first-order chi connectivity index (χ1) is 8.78. The van der Waals surface area contributed by atoms with Gasteiger partial charge in [0.25, 0.3) is 0 Å². The summed E-state index contributed by atoms with van der Waals surface area (Å²) >= 11 is 7.54. The molecule has 5 heteroatoms. The molecule has 0 amide bonds. The number of pyridine rings is 1. The monoisotopic (exact) mass is 277 g/mol. The second-order valence-corrected chi connectivity index (χ2v) is 5.87. The van der Waals surface area contributed by atoms with Crippen LogP contribution in [0.4, 0.5) is 0 Å². The zero-order valence-corrected chi connectivity index (χ0v) is 11.2. The molecule has 92 valence electrons. The number of fused-ring (bicyclic) bond motifs is 1. The first kappa shape index (κ1) is 11.7. The average Bonchev–Trinajstić information content (AvgIpc) is 2.95. The molecule has 3 rings (SSSR count). The SMILES string of the molecule is NCc1cn(Cc2ccc(Cl)s2)c2ncccc12. The van der Waals surface area contributed by atoms with Gasteiger partial charge in [-0.25, -0.2) is 4.98 Å². The van der Waals surface area contributed by atoms with Crippen LogP contribution in [0.3, 0.4) is 0 Å². The fourth-order valence-corrected chi connectivity index (χ4v) is 3.17. The van der Waals surface area contributed by atoms with E-state index in [4.69, 9.17) is 17.3 Å². The second kappa shape index (κ2) is 4.72. The highest BCUT2D eigenvalue weighted by Gasteiger charge is 2.09. The van der Waals surface area contributed by atoms with Crippen LogP contribution in [0.2, 0.25) is 4.34 Å². The van der Waals surface area contributed by atoms with E-state index in [0.29, 0.717) is 6.54 Å². The largest absolute Gasteiger partial charge is 0.327 e. The van der Waals surface area contributed by atoms with Crippen molar-refractivity contribution in [1.29, 1.82) is 0 Å². The van der Waals surface area contributed by atoms with Crippen LogP contribution in [-0.2, 0) is 13.1 Å². The Morgan fingerprint density at radius 1 is 1.33 bits per heavy atom. The van der Waals surface area contributed by atoms with Crippen LogP contribution >= 0.6 is 22.9 Å². The maximum atomic E-state index is 5.95. The Balaban J connectivity index is 2.06. The van der Waals surface area contributed by atoms with Gasteiger partial charge in [-0.3, -0.25) is 0 Å². The van der Waals surface area contributed by atoms with Crippen LogP contribution in [0, 0.1) is 0 Å². The highest BCUT2D eigenvalue weighted by molar-refractivity contribution is 7.16. The van der Waals surface area contributed by atoms with Crippen molar-refractivity contribution < 1.29 is 0 Å². The molecule has 3 nitrogen and oxygen atoms in total. The van der Waals surface area contributed by atoms with E-state index in [1.165, 1.54) is 4.88 Å². The molecule has 0 fully saturated rings. The Hall–Kier alpha value is -1.36. The third kappa shape index (κ3) is 2.03. The summed E-state index contributed by atoms with van der Waals surface area (Å²) in [7, 11) is 0. The predicted octanol–water partition coefficient (Wildman–Crippen LogP) is 3.26. The molecule has 0 saturated heterocycles. The number of hydrogen-bond donors (Lipinski definition) is 1. The Morgan fingerprint density at radius 3 is 2.94 bits per heavy atom. The van der Waals surface area contributed by atoms with Crippen LogP contribution in [0.25, 0.3) is 11.0 Å². The minimum atomic E-state index is 0.528. The molecule has 0 aliphatic rings. The van der Waals surface area contributed by atoms with Crippen LogP contribution in [0.5, 0.6) is 0 Å². The number of nitrogens with zero attached hydrogens (tertiary/aromatic N) is 2. The lowest BCUT2D eigenvalue weighted by molar-refractivity contribution is 0.832. The molecule has 3 aromatic rings. The van der Waals surface area contributed by atoms with Gasteiger partial charge in [-0.2, -0.15) is 0 Å². The third-order valence-corrected chi connectivity index (χ3v) is 4.11. The van der Waals surface area contributed by atoms with Crippen LogP contribution in [-0.4, -0.2) is 9.55 Å². The van der Waals surface area contributed by atoms with Crippen molar-refractivity contribution in [2.24, 2.45) is 5.73 Å². The van der Waals surface area contributed by atoms with Gasteiger partial charge < -0.3 is 10.3 Å². The first-order valence-electron chi connectivity index (χ1n) is 5.65. The molecule has 3 heterocycles. The predicted molar refractivity (Wildman–Crippen MR) is 76.1 cm³/mol. The van der Waals surface area contributed by atoms with E-state index < -0.39 is 0 Å². The summed E-state index contributed by atoms with van der Waals surface area (Å²) in [5.41, 5.74) is 7.87. The van der Waals surface area contributed by atoms with E-state index in [9.17, 15) is 0 Å². The van der Waals surface area contributed by atoms with Gasteiger partial charge in [-0.05, 0) is 29.8 Å². The van der Waals surface area contributed by atoms with E-state index in [2.05, 4.69) is 21.8 Å². The van der Waals surface area contributed by atoms with Gasteiger partial charge in [-0.1, -0.05) is 11.6 Å². The van der Waals surface area contributed by atoms with E-state index in [0.717, 1.165) is 27.5 Å². The van der Waals surface area contributed by atoms with Gasteiger partial charge in [0.05, 0.1) is 10.9 Å². The minimum absolute atomic E-state index is 0.528. The summed E-state index contributed by atoms with van der Waals surface area (Å²) in [6.07, 6.45) is 3.88. The average molecular weight is 278 g/mol. The Morgan fingerprint density at radius 2 is 2.22 bits per heavy atom. The second-order valence-electron chi connectivity index (χ2n) is 4.07. The van der Waals surface area contributed by atoms with E-state index >= 15 is 0 Å². The molecule has 0 unspecified atom stereocenters. The molecule has 0 radical (unpaired) electrons. The lowest BCUT2D eigenvalue weighted by Gasteiger charge is -2.01. The Labute approximate surface area is 114 Å². The van der Waals surface area contributed by atoms with Crippen molar-refractivity contribution in [3.05, 3.63) is 51.4 Å². The summed E-state index contributed by atoms with van der Waals surface area (Å²) in [5, 5.41) is 1.13. The highest BCUT2D eigenvalue weighted by atomic mass is 35.5. The zero-order chi connectivity index (χ0) is 12.5. The quantitative estimate of drug-likeness (QED) is 0.799. The van der Waals surface area contributed by atoms with Crippen LogP contribution in [0.15, 0.2) is 36.7 Å². The van der Waals surface area contributed by atoms with Crippen LogP contribution < -0.4 is 5.73 Å². The number of halogens is 1. The molecular weight excluding hydrogens is 266 g/mol. The lowest BCUT2D eigenvalue weighted by Crippen LogP contribution is -1.97. The van der Waals surface area contributed by atoms with Gasteiger partial charge in [0, 0.05) is 29.2 Å². The van der Waals surface area contributed by atoms with Gasteiger partial charge in [-0.15, -0.1) is 11.3 Å². The summed E-state index contributed by atoms with van der Waals surface area (Å²) in [4.78, 5) is 5.65. The number of hydrogen-bond acceptors (Lipinski definition) is 3. The maximum absolute atomic E-state index is 5.95. The number of thiophene rings is 1. The molecule has 2 N–H and O–H groups in total. The topological polar surface area (TPSA) is 43.8 Å². The molecule has 0 atom stereocenters. The standard InChI is InChI=1S/C13H12ClN3S/c14-12-4-3-10(18-12)8-17-7-9(6-15)11-2-1-5-16-13(11)17/h1-5,7H,6,8,15H2. The summed E-state index contributed by atoms with van der Waals surface area (Å²) < 4.78 is 2.94. The maximum Gasteiger partial charge on any atom is 0.140 e. The smallest absolute Gasteiger partial charge is 0.140 e. The summed E-state index contributed by atoms with van der Waals surface area (Å²) in [6, 6.07) is 7.96. The first-order valence-corrected chi connectivity index (χ1v) is 6.84. The van der Waals surface area contributed by atoms with E-state index in [1.54, 1.807) is 17.5 Å². The van der Waals surface area contributed by atoms with Gasteiger partial charge in [0.1, 0.15) is 5.65 Å². The number of rotatable bonds is 3. The molecule has 0 spiro atoms. The molecule has 18 heavy (non-hydrogen) atoms. The lowest BCUT2D eigenvalue weighted by atomic mass is 10.2. The summed E-state index contributed by atoms with van der Waals surface area (Å²) in [5.74, 6) is 0. The number of nitrogens with two attached hydrogens (primary N) is 1. The molecule has 0 bridgehead atoms. The van der Waals surface area contributed by atoms with Crippen molar-refractivity contribution in [3.8, 4) is 0 Å². The minimum Gasteiger partial charge on any atom is -0.327 e. The van der Waals surface area contributed by atoms with E-state index in [-0.39, 0.29) is 0 Å². The summed E-state index contributed by atoms with van der Waals surface area (Å²) in [6.45, 7) is 1.31.